The largest absolute Gasteiger partial charge is 0.392 e. The molecule has 4 rings (SSSR count). The van der Waals surface area contributed by atoms with Gasteiger partial charge in [-0.15, -0.1) is 0 Å². The number of aryl methyl sites for hydroxylation is 1. The molecule has 0 saturated carbocycles. The summed E-state index contributed by atoms with van der Waals surface area (Å²) in [5.74, 6) is 0.760. The van der Waals surface area contributed by atoms with E-state index in [-0.39, 0.29) is 30.5 Å². The summed E-state index contributed by atoms with van der Waals surface area (Å²) in [4.78, 5) is 9.00. The molecule has 5 N–H and O–H groups in total. The molecule has 0 spiro atoms. The number of rotatable bonds is 9. The van der Waals surface area contributed by atoms with Gasteiger partial charge in [0.05, 0.1) is 23.6 Å². The fourth-order valence-corrected chi connectivity index (χ4v) is 4.81. The highest BCUT2D eigenvalue weighted by atomic mass is 32.2. The smallest absolute Gasteiger partial charge is 0.240 e. The van der Waals surface area contributed by atoms with Gasteiger partial charge in [0.15, 0.2) is 0 Å². The molecule has 9 heteroatoms. The van der Waals surface area contributed by atoms with E-state index in [0.717, 1.165) is 11.1 Å². The van der Waals surface area contributed by atoms with Crippen molar-refractivity contribution in [2.75, 3.05) is 12.3 Å². The van der Waals surface area contributed by atoms with Crippen LogP contribution in [0.15, 0.2) is 71.6 Å². The fourth-order valence-electron chi connectivity index (χ4n) is 3.74. The first-order valence-electron chi connectivity index (χ1n) is 10.9. The second-order valence-corrected chi connectivity index (χ2v) is 9.64. The van der Waals surface area contributed by atoms with Gasteiger partial charge in [0, 0.05) is 18.4 Å². The lowest BCUT2D eigenvalue weighted by molar-refractivity contribution is 0.260. The van der Waals surface area contributed by atoms with Gasteiger partial charge in [-0.2, -0.15) is 0 Å². The summed E-state index contributed by atoms with van der Waals surface area (Å²) in [6, 6.07) is 19.9. The lowest BCUT2D eigenvalue weighted by atomic mass is 10.0. The Kier molecular flexibility index (Phi) is 7.18. The number of hydrogen-bond donors (Lipinski definition) is 4. The third-order valence-corrected chi connectivity index (χ3v) is 7.05. The van der Waals surface area contributed by atoms with Crippen molar-refractivity contribution < 1.29 is 18.6 Å². The lowest BCUT2D eigenvalue weighted by Gasteiger charge is -2.11. The topological polar surface area (TPSA) is 138 Å². The van der Waals surface area contributed by atoms with Crippen LogP contribution in [0.1, 0.15) is 23.4 Å². The average molecular weight is 479 g/mol. The van der Waals surface area contributed by atoms with Gasteiger partial charge in [-0.1, -0.05) is 42.5 Å². The Labute approximate surface area is 198 Å². The summed E-state index contributed by atoms with van der Waals surface area (Å²) in [7, 11) is -3.64. The molecule has 34 heavy (non-hydrogen) atoms. The van der Waals surface area contributed by atoms with Crippen molar-refractivity contribution in [2.45, 2.75) is 31.0 Å². The zero-order valence-corrected chi connectivity index (χ0v) is 19.3. The van der Waals surface area contributed by atoms with Crippen molar-refractivity contribution in [2.24, 2.45) is 0 Å². The summed E-state index contributed by atoms with van der Waals surface area (Å²) >= 11 is 0. The Hall–Kier alpha value is -3.37. The molecular formula is C25H26N4O4S. The normalized spacial score (nSPS) is 11.7. The number of nitrogen functional groups attached to an aromatic ring is 1. The molecule has 0 aliphatic heterocycles. The van der Waals surface area contributed by atoms with Gasteiger partial charge in [0.2, 0.25) is 10.0 Å². The molecule has 0 bridgehead atoms. The van der Waals surface area contributed by atoms with E-state index in [1.165, 1.54) is 0 Å². The van der Waals surface area contributed by atoms with E-state index in [9.17, 15) is 18.6 Å². The minimum Gasteiger partial charge on any atom is -0.392 e. The molecule has 8 nitrogen and oxygen atoms in total. The molecule has 0 radical (unpaired) electrons. The lowest BCUT2D eigenvalue weighted by Crippen LogP contribution is -2.25. The first kappa shape index (κ1) is 23.8. The van der Waals surface area contributed by atoms with Crippen LogP contribution in [0.2, 0.25) is 0 Å². The van der Waals surface area contributed by atoms with Gasteiger partial charge in [0.1, 0.15) is 11.6 Å². The van der Waals surface area contributed by atoms with Gasteiger partial charge < -0.3 is 15.9 Å². The van der Waals surface area contributed by atoms with E-state index in [0.29, 0.717) is 40.7 Å². The van der Waals surface area contributed by atoms with E-state index in [1.54, 1.807) is 36.4 Å². The molecule has 0 saturated heterocycles. The summed E-state index contributed by atoms with van der Waals surface area (Å²) in [5, 5.41) is 19.6. The molecule has 1 heterocycles. The summed E-state index contributed by atoms with van der Waals surface area (Å²) in [5.41, 5.74) is 9.76. The predicted octanol–water partition coefficient (Wildman–Crippen LogP) is 2.77. The molecular weight excluding hydrogens is 452 g/mol. The van der Waals surface area contributed by atoms with Crippen molar-refractivity contribution in [1.29, 1.82) is 0 Å². The summed E-state index contributed by atoms with van der Waals surface area (Å²) in [6.07, 6.45) is 0.902. The highest BCUT2D eigenvalue weighted by molar-refractivity contribution is 7.89. The average Bonchev–Trinajstić information content (AvgIpc) is 2.86. The van der Waals surface area contributed by atoms with Crippen LogP contribution in [0.25, 0.3) is 22.0 Å². The molecule has 4 aromatic rings. The van der Waals surface area contributed by atoms with Crippen LogP contribution in [0, 0.1) is 0 Å². The van der Waals surface area contributed by atoms with Crippen LogP contribution in [0.5, 0.6) is 0 Å². The third-order valence-electron chi connectivity index (χ3n) is 5.57. The van der Waals surface area contributed by atoms with Crippen molar-refractivity contribution in [1.82, 2.24) is 14.7 Å². The number of aliphatic hydroxyl groups excluding tert-OH is 2. The standard InChI is InChI=1S/C25H26N4O4S/c26-25-22-13-19(15-30)20(16-31)14-23(22)28-24(29-25)7-4-12-27-34(32,33)21-10-8-18(9-11-21)17-5-2-1-3-6-17/h1-3,5-6,8-11,13-14,27,30-31H,4,7,12,15-16H2,(H2,26,28,29). The number of aromatic nitrogens is 2. The number of anilines is 1. The van der Waals surface area contributed by atoms with Gasteiger partial charge in [-0.3, -0.25) is 0 Å². The maximum atomic E-state index is 12.6. The molecule has 176 valence electrons. The Balaban J connectivity index is 1.39. The van der Waals surface area contributed by atoms with Gasteiger partial charge >= 0.3 is 0 Å². The molecule has 0 unspecified atom stereocenters. The molecule has 0 aliphatic carbocycles. The monoisotopic (exact) mass is 478 g/mol. The molecule has 0 amide bonds. The summed E-state index contributed by atoms with van der Waals surface area (Å²) < 4.78 is 27.9. The molecule has 1 aromatic heterocycles. The number of hydrogen-bond acceptors (Lipinski definition) is 7. The number of nitrogens with one attached hydrogen (secondary N) is 1. The number of nitrogens with two attached hydrogens (primary N) is 1. The minimum atomic E-state index is -3.64. The van der Waals surface area contributed by atoms with E-state index >= 15 is 0 Å². The van der Waals surface area contributed by atoms with Crippen LogP contribution in [-0.2, 0) is 29.7 Å². The van der Waals surface area contributed by atoms with E-state index in [2.05, 4.69) is 14.7 Å². The van der Waals surface area contributed by atoms with Crippen LogP contribution < -0.4 is 10.5 Å². The van der Waals surface area contributed by atoms with Crippen LogP contribution in [-0.4, -0.2) is 35.1 Å². The number of aliphatic hydroxyl groups is 2. The SMILES string of the molecule is Nc1nc(CCCNS(=O)(=O)c2ccc(-c3ccccc3)cc2)nc2cc(CO)c(CO)cc12. The first-order valence-corrected chi connectivity index (χ1v) is 12.3. The molecule has 0 fully saturated rings. The van der Waals surface area contributed by atoms with Crippen molar-refractivity contribution in [3.8, 4) is 11.1 Å². The second kappa shape index (κ2) is 10.3. The second-order valence-electron chi connectivity index (χ2n) is 7.87. The highest BCUT2D eigenvalue weighted by Crippen LogP contribution is 2.24. The zero-order valence-electron chi connectivity index (χ0n) is 18.5. The fraction of sp³-hybridized carbons (Fsp3) is 0.200. The Morgan fingerprint density at radius 2 is 1.50 bits per heavy atom. The van der Waals surface area contributed by atoms with Crippen molar-refractivity contribution in [3.05, 3.63) is 83.7 Å². The minimum absolute atomic E-state index is 0.203. The van der Waals surface area contributed by atoms with E-state index in [4.69, 9.17) is 5.73 Å². The predicted molar refractivity (Wildman–Crippen MR) is 131 cm³/mol. The van der Waals surface area contributed by atoms with Gasteiger partial charge in [-0.25, -0.2) is 23.1 Å². The Morgan fingerprint density at radius 1 is 0.853 bits per heavy atom. The maximum absolute atomic E-state index is 12.6. The number of sulfonamides is 1. The summed E-state index contributed by atoms with van der Waals surface area (Å²) in [6.45, 7) is -0.225. The third kappa shape index (κ3) is 5.23. The number of nitrogens with zero attached hydrogens (tertiary/aromatic N) is 2. The highest BCUT2D eigenvalue weighted by Gasteiger charge is 2.14. The van der Waals surface area contributed by atoms with E-state index in [1.807, 2.05) is 30.3 Å². The van der Waals surface area contributed by atoms with Crippen LogP contribution >= 0.6 is 0 Å². The number of fused-ring (bicyclic) bond motifs is 1. The Morgan fingerprint density at radius 3 is 2.18 bits per heavy atom. The van der Waals surface area contributed by atoms with E-state index < -0.39 is 10.0 Å². The molecule has 0 aliphatic rings. The first-order chi connectivity index (χ1) is 16.4. The quantitative estimate of drug-likeness (QED) is 0.271. The maximum Gasteiger partial charge on any atom is 0.240 e. The van der Waals surface area contributed by atoms with Crippen LogP contribution in [0.4, 0.5) is 5.82 Å². The van der Waals surface area contributed by atoms with Crippen LogP contribution in [0.3, 0.4) is 0 Å². The molecule has 0 atom stereocenters. The van der Waals surface area contributed by atoms with Crippen molar-refractivity contribution >= 4 is 26.7 Å². The molecule has 3 aromatic carbocycles. The zero-order chi connectivity index (χ0) is 24.1. The van der Waals surface area contributed by atoms with Crippen molar-refractivity contribution in [3.63, 3.8) is 0 Å². The Bertz CT molecular complexity index is 1390. The van der Waals surface area contributed by atoms with Gasteiger partial charge in [0.25, 0.3) is 0 Å². The number of benzene rings is 3. The van der Waals surface area contributed by atoms with Gasteiger partial charge in [-0.05, 0) is 52.9 Å².